The number of hydrogen-bond acceptors (Lipinski definition) is 2. The first-order valence-electron chi connectivity index (χ1n) is 7.68. The Morgan fingerprint density at radius 2 is 1.88 bits per heavy atom. The van der Waals surface area contributed by atoms with Crippen molar-refractivity contribution in [1.82, 2.24) is 4.57 Å². The molecule has 1 aromatic heterocycles. The number of fused-ring (bicyclic) bond motifs is 1. The van der Waals surface area contributed by atoms with Crippen LogP contribution in [0.15, 0.2) is 24.3 Å². The number of hydrogen-bond donors (Lipinski definition) is 1. The number of imidazole rings is 1. The topological polar surface area (TPSA) is 63.2 Å². The van der Waals surface area contributed by atoms with E-state index in [2.05, 4.69) is 0 Å². The fraction of sp³-hybridized carbons (Fsp3) is 0.533. The molecule has 0 amide bonds. The number of nitrogens with zero attached hydrogens (tertiary/aromatic N) is 2. The van der Waals surface area contributed by atoms with Crippen molar-refractivity contribution in [2.45, 2.75) is 45.5 Å². The summed E-state index contributed by atoms with van der Waals surface area (Å²) in [4.78, 5) is 0. The Hall–Kier alpha value is -1.61. The van der Waals surface area contributed by atoms with Crippen LogP contribution in [-0.4, -0.2) is 23.3 Å². The summed E-state index contributed by atoms with van der Waals surface area (Å²) >= 11 is 0. The van der Waals surface area contributed by atoms with Gasteiger partial charge in [0, 0.05) is 6.42 Å². The molecule has 2 aromatic rings. The average molecular weight is 365 g/mol. The summed E-state index contributed by atoms with van der Waals surface area (Å²) < 4.78 is 73.7. The van der Waals surface area contributed by atoms with E-state index >= 15 is 0 Å². The molecule has 0 saturated carbocycles. The van der Waals surface area contributed by atoms with Gasteiger partial charge in [0.2, 0.25) is 0 Å². The second-order valence-electron chi connectivity index (χ2n) is 5.61. The van der Waals surface area contributed by atoms with Gasteiger partial charge in [0.05, 0.1) is 18.8 Å². The summed E-state index contributed by atoms with van der Waals surface area (Å²) in [7, 11) is -4.20. The van der Waals surface area contributed by atoms with Crippen LogP contribution in [0.2, 0.25) is 0 Å². The molecule has 5 nitrogen and oxygen atoms in total. The highest BCUT2D eigenvalue weighted by atomic mass is 32.2. The number of unbranched alkanes of at least 4 members (excludes halogenated alkanes) is 1. The lowest BCUT2D eigenvalue weighted by Gasteiger charge is -2.08. The largest absolute Gasteiger partial charge is 0.495 e. The summed E-state index contributed by atoms with van der Waals surface area (Å²) in [6, 6.07) is 6.53. The number of para-hydroxylation sites is 2. The minimum atomic E-state index is -4.56. The van der Waals surface area contributed by atoms with Crippen LogP contribution < -0.4 is 4.57 Å². The van der Waals surface area contributed by atoms with Gasteiger partial charge in [-0.1, -0.05) is 25.5 Å². The van der Waals surface area contributed by atoms with E-state index in [-0.39, 0.29) is 19.5 Å². The zero-order chi connectivity index (χ0) is 18.0. The number of aryl methyl sites for hydroxylation is 2. The van der Waals surface area contributed by atoms with Crippen molar-refractivity contribution in [3.63, 3.8) is 0 Å². The van der Waals surface area contributed by atoms with E-state index in [4.69, 9.17) is 4.55 Å². The SMILES string of the molecule is CCCCn1c(C(F)(F)F)[n+](CCCS(=O)(=O)O)c2ccccc21. The van der Waals surface area contributed by atoms with Crippen molar-refractivity contribution in [2.75, 3.05) is 5.75 Å². The molecule has 1 heterocycles. The van der Waals surface area contributed by atoms with Crippen LogP contribution in [0.4, 0.5) is 13.2 Å². The van der Waals surface area contributed by atoms with Crippen LogP contribution in [0.3, 0.4) is 0 Å². The predicted octanol–water partition coefficient (Wildman–Crippen LogP) is 3.03. The van der Waals surface area contributed by atoms with E-state index < -0.39 is 27.9 Å². The van der Waals surface area contributed by atoms with E-state index in [1.165, 1.54) is 4.57 Å². The summed E-state index contributed by atoms with van der Waals surface area (Å²) in [6.07, 6.45) is -3.31. The Morgan fingerprint density at radius 1 is 1.21 bits per heavy atom. The molecule has 1 aromatic carbocycles. The third-order valence-corrected chi connectivity index (χ3v) is 4.55. The number of aromatic nitrogens is 2. The summed E-state index contributed by atoms with van der Waals surface area (Å²) in [5.74, 6) is -1.38. The van der Waals surface area contributed by atoms with Crippen molar-refractivity contribution in [2.24, 2.45) is 0 Å². The van der Waals surface area contributed by atoms with Crippen LogP contribution in [0.25, 0.3) is 11.0 Å². The lowest BCUT2D eigenvalue weighted by molar-refractivity contribution is -0.692. The van der Waals surface area contributed by atoms with Gasteiger partial charge >= 0.3 is 12.0 Å². The molecule has 0 fully saturated rings. The molecule has 0 atom stereocenters. The number of benzene rings is 1. The van der Waals surface area contributed by atoms with Gasteiger partial charge in [-0.05, 0) is 18.6 Å². The van der Waals surface area contributed by atoms with Crippen LogP contribution in [-0.2, 0) is 29.4 Å². The molecule has 9 heteroatoms. The summed E-state index contributed by atoms with van der Waals surface area (Å²) in [6.45, 7) is 1.99. The molecular weight excluding hydrogens is 345 g/mol. The molecule has 0 bridgehead atoms. The van der Waals surface area contributed by atoms with Gasteiger partial charge in [-0.2, -0.15) is 21.6 Å². The zero-order valence-electron chi connectivity index (χ0n) is 13.3. The van der Waals surface area contributed by atoms with Gasteiger partial charge in [-0.15, -0.1) is 0 Å². The molecule has 1 N–H and O–H groups in total. The average Bonchev–Trinajstić information content (AvgIpc) is 2.78. The van der Waals surface area contributed by atoms with Crippen molar-refractivity contribution >= 4 is 21.2 Å². The number of alkyl halides is 3. The maximum absolute atomic E-state index is 13.6. The molecule has 2 rings (SSSR count). The van der Waals surface area contributed by atoms with Crippen molar-refractivity contribution in [3.05, 3.63) is 30.1 Å². The molecule has 24 heavy (non-hydrogen) atoms. The highest BCUT2D eigenvalue weighted by molar-refractivity contribution is 7.85. The Labute approximate surface area is 138 Å². The molecule has 0 aliphatic heterocycles. The Bertz CT molecular complexity index is 813. The van der Waals surface area contributed by atoms with E-state index in [1.54, 1.807) is 24.3 Å². The highest BCUT2D eigenvalue weighted by Crippen LogP contribution is 2.30. The first-order chi connectivity index (χ1) is 11.1. The number of rotatable bonds is 7. The third-order valence-electron chi connectivity index (χ3n) is 3.75. The van der Waals surface area contributed by atoms with Gasteiger partial charge in [0.1, 0.15) is 0 Å². The van der Waals surface area contributed by atoms with E-state index in [0.29, 0.717) is 17.5 Å². The van der Waals surface area contributed by atoms with E-state index in [0.717, 1.165) is 11.0 Å². The molecular formula is C15H20F3N2O3S+. The minimum absolute atomic E-state index is 0.103. The van der Waals surface area contributed by atoms with Crippen LogP contribution >= 0.6 is 0 Å². The van der Waals surface area contributed by atoms with Crippen molar-refractivity contribution in [1.29, 1.82) is 0 Å². The normalized spacial score (nSPS) is 12.9. The predicted molar refractivity (Wildman–Crippen MR) is 83.1 cm³/mol. The van der Waals surface area contributed by atoms with Crippen molar-refractivity contribution in [3.8, 4) is 0 Å². The lowest BCUT2D eigenvalue weighted by atomic mass is 10.3. The van der Waals surface area contributed by atoms with Gasteiger partial charge < -0.3 is 0 Å². The Balaban J connectivity index is 2.54. The van der Waals surface area contributed by atoms with Gasteiger partial charge in [0.25, 0.3) is 10.1 Å². The van der Waals surface area contributed by atoms with E-state index in [1.807, 2.05) is 6.92 Å². The molecule has 0 saturated heterocycles. The first kappa shape index (κ1) is 18.7. The fourth-order valence-corrected chi connectivity index (χ4v) is 3.27. The molecule has 0 radical (unpaired) electrons. The third kappa shape index (κ3) is 4.27. The quantitative estimate of drug-likeness (QED) is 0.606. The molecule has 0 aliphatic carbocycles. The molecule has 0 aliphatic rings. The summed E-state index contributed by atoms with van der Waals surface area (Å²) in [5, 5.41) is 0. The van der Waals surface area contributed by atoms with Crippen LogP contribution in [0, 0.1) is 0 Å². The maximum atomic E-state index is 13.6. The maximum Gasteiger partial charge on any atom is 0.495 e. The minimum Gasteiger partial charge on any atom is -0.286 e. The van der Waals surface area contributed by atoms with Crippen LogP contribution in [0.5, 0.6) is 0 Å². The first-order valence-corrected chi connectivity index (χ1v) is 9.29. The molecule has 0 spiro atoms. The van der Waals surface area contributed by atoms with Gasteiger partial charge in [-0.25, -0.2) is 9.13 Å². The standard InChI is InChI=1S/C15H19F3N2O3S/c1-2-3-9-19-12-7-4-5-8-13(12)20(14(19)15(16,17)18)10-6-11-24(21,22)23/h4-5,7-8H,2-3,6,9-11H2,1H3/p+1. The Kier molecular flexibility index (Phi) is 5.54. The van der Waals surface area contributed by atoms with Gasteiger partial charge in [-0.3, -0.25) is 4.55 Å². The smallest absolute Gasteiger partial charge is 0.286 e. The second kappa shape index (κ2) is 7.10. The van der Waals surface area contributed by atoms with Crippen molar-refractivity contribution < 1.29 is 30.7 Å². The summed E-state index contributed by atoms with van der Waals surface area (Å²) in [5.41, 5.74) is 0.862. The fourth-order valence-electron chi connectivity index (χ4n) is 2.77. The van der Waals surface area contributed by atoms with E-state index in [9.17, 15) is 21.6 Å². The zero-order valence-corrected chi connectivity index (χ0v) is 14.1. The van der Waals surface area contributed by atoms with Crippen LogP contribution in [0.1, 0.15) is 32.0 Å². The monoisotopic (exact) mass is 365 g/mol. The Morgan fingerprint density at radius 3 is 2.46 bits per heavy atom. The van der Waals surface area contributed by atoms with Gasteiger partial charge in [0.15, 0.2) is 11.0 Å². The highest BCUT2D eigenvalue weighted by Gasteiger charge is 2.46. The number of halogens is 3. The second-order valence-corrected chi connectivity index (χ2v) is 7.18. The molecule has 0 unspecified atom stereocenters. The lowest BCUT2D eigenvalue weighted by Crippen LogP contribution is -2.42. The molecule has 134 valence electrons.